The highest BCUT2D eigenvalue weighted by Gasteiger charge is 2.46. The smallest absolute Gasteiger partial charge is 0.328 e. The second-order valence-electron chi connectivity index (χ2n) is 11.9. The van der Waals surface area contributed by atoms with Crippen molar-refractivity contribution in [3.05, 3.63) is 81.6 Å². The number of nitrogens with zero attached hydrogens (tertiary/aromatic N) is 2. The maximum Gasteiger partial charge on any atom is 0.328 e. The SMILES string of the molecule is COC(=O)[C@@H]1C[C@@H]2CN1C(=O)[C@H](C(C)(C)C)NC(=O)c1sccc1/C=C/COc1ccc3c(c1)C(=NO2)c1ccccc1-3. The van der Waals surface area contributed by atoms with Crippen LogP contribution >= 0.6 is 11.3 Å². The molecule has 3 atom stereocenters. The van der Waals surface area contributed by atoms with Crippen LogP contribution in [0.5, 0.6) is 5.75 Å². The molecule has 2 amide bonds. The second-order valence-corrected chi connectivity index (χ2v) is 12.8. The maximum atomic E-state index is 14.1. The number of nitrogens with one attached hydrogen (secondary N) is 1. The van der Waals surface area contributed by atoms with Gasteiger partial charge >= 0.3 is 5.97 Å². The van der Waals surface area contributed by atoms with Crippen LogP contribution in [0.3, 0.4) is 0 Å². The Kier molecular flexibility index (Phi) is 7.56. The Morgan fingerprint density at radius 2 is 1.84 bits per heavy atom. The Morgan fingerprint density at radius 3 is 2.60 bits per heavy atom. The second kappa shape index (κ2) is 11.3. The van der Waals surface area contributed by atoms with Gasteiger partial charge in [0.2, 0.25) is 5.91 Å². The quantitative estimate of drug-likeness (QED) is 0.313. The summed E-state index contributed by atoms with van der Waals surface area (Å²) in [6.07, 6.45) is 3.33. The van der Waals surface area contributed by atoms with Gasteiger partial charge in [-0.15, -0.1) is 11.3 Å². The first-order chi connectivity index (χ1) is 20.7. The third-order valence-corrected chi connectivity index (χ3v) is 8.89. The molecular formula is C33H33N3O6S. The molecular weight excluding hydrogens is 566 g/mol. The Morgan fingerprint density at radius 1 is 1.07 bits per heavy atom. The van der Waals surface area contributed by atoms with E-state index in [-0.39, 0.29) is 24.8 Å². The molecule has 3 aliphatic rings. The van der Waals surface area contributed by atoms with Crippen molar-refractivity contribution < 1.29 is 28.7 Å². The zero-order chi connectivity index (χ0) is 30.3. The van der Waals surface area contributed by atoms with Crippen LogP contribution in [0.1, 0.15) is 53.6 Å². The van der Waals surface area contributed by atoms with Crippen molar-refractivity contribution in [1.82, 2.24) is 10.2 Å². The number of ether oxygens (including phenoxy) is 2. The fourth-order valence-corrected chi connectivity index (χ4v) is 6.57. The van der Waals surface area contributed by atoms with Gasteiger partial charge in [0.15, 0.2) is 0 Å². The number of thiophene rings is 1. The minimum atomic E-state index is -0.910. The van der Waals surface area contributed by atoms with Gasteiger partial charge < -0.3 is 24.5 Å². The zero-order valence-corrected chi connectivity index (χ0v) is 25.3. The summed E-state index contributed by atoms with van der Waals surface area (Å²) in [5.41, 5.74) is 4.59. The van der Waals surface area contributed by atoms with Gasteiger partial charge in [-0.1, -0.05) is 56.3 Å². The van der Waals surface area contributed by atoms with E-state index in [4.69, 9.17) is 14.3 Å². The molecule has 222 valence electrons. The molecule has 1 aromatic heterocycles. The van der Waals surface area contributed by atoms with E-state index in [1.807, 2.05) is 86.8 Å². The average molecular weight is 600 g/mol. The first-order valence-electron chi connectivity index (χ1n) is 14.2. The molecule has 1 saturated heterocycles. The molecule has 10 heteroatoms. The first kappa shape index (κ1) is 28.7. The normalized spacial score (nSPS) is 22.5. The molecule has 2 aliphatic heterocycles. The van der Waals surface area contributed by atoms with Gasteiger partial charge in [0.05, 0.1) is 18.5 Å². The van der Waals surface area contributed by atoms with Crippen molar-refractivity contribution in [2.75, 3.05) is 20.3 Å². The van der Waals surface area contributed by atoms with Crippen molar-refractivity contribution in [2.45, 2.75) is 45.4 Å². The van der Waals surface area contributed by atoms with E-state index in [0.29, 0.717) is 22.9 Å². The summed E-state index contributed by atoms with van der Waals surface area (Å²) < 4.78 is 11.1. The van der Waals surface area contributed by atoms with Crippen LogP contribution in [-0.4, -0.2) is 66.8 Å². The minimum Gasteiger partial charge on any atom is -0.490 e. The Hall–Kier alpha value is -4.44. The number of carbonyl (C=O) groups is 3. The van der Waals surface area contributed by atoms with E-state index in [1.165, 1.54) is 23.3 Å². The summed E-state index contributed by atoms with van der Waals surface area (Å²) in [5.74, 6) is -0.617. The van der Waals surface area contributed by atoms with Crippen molar-refractivity contribution in [3.8, 4) is 16.9 Å². The molecule has 0 spiro atoms. The number of hydrogen-bond donors (Lipinski definition) is 1. The lowest BCUT2D eigenvalue weighted by atomic mass is 9.85. The molecule has 1 N–H and O–H groups in total. The molecule has 1 aliphatic carbocycles. The topological polar surface area (TPSA) is 107 Å². The van der Waals surface area contributed by atoms with E-state index in [1.54, 1.807) is 0 Å². The Balaban J connectivity index is 1.43. The highest BCUT2D eigenvalue weighted by molar-refractivity contribution is 7.12. The predicted octanol–water partition coefficient (Wildman–Crippen LogP) is 4.89. The lowest BCUT2D eigenvalue weighted by molar-refractivity contribution is -0.152. The molecule has 1 fully saturated rings. The van der Waals surface area contributed by atoms with Gasteiger partial charge in [-0.05, 0) is 57.8 Å². The molecule has 4 bridgehead atoms. The molecule has 0 unspecified atom stereocenters. The van der Waals surface area contributed by atoms with Crippen molar-refractivity contribution in [2.24, 2.45) is 10.6 Å². The summed E-state index contributed by atoms with van der Waals surface area (Å²) in [7, 11) is 1.30. The van der Waals surface area contributed by atoms with E-state index in [0.717, 1.165) is 27.8 Å². The van der Waals surface area contributed by atoms with Crippen LogP contribution in [0, 0.1) is 5.41 Å². The summed E-state index contributed by atoms with van der Waals surface area (Å²) in [6, 6.07) is 13.9. The number of esters is 1. The standard InChI is InChI=1S/C33H33N3O6S/c1-33(2,3)29-31(38)36-18-21(17-26(36)32(39)40-4)42-35-27-24-10-6-5-9-22(24)23-12-11-20(16-25(23)27)41-14-7-8-19-13-15-43-28(19)30(37)34-29/h5-13,15-16,21,26,29H,14,17-18H2,1-4H3,(H,34,37)/b8-7+,35-27?/t21-,26+,29-/m1/s1. The molecule has 3 aromatic rings. The molecule has 6 rings (SSSR count). The van der Waals surface area contributed by atoms with E-state index in [9.17, 15) is 14.4 Å². The van der Waals surface area contributed by atoms with Crippen molar-refractivity contribution >= 4 is 40.9 Å². The summed E-state index contributed by atoms with van der Waals surface area (Å²) >= 11 is 1.30. The molecule has 0 saturated carbocycles. The van der Waals surface area contributed by atoms with Crippen molar-refractivity contribution in [1.29, 1.82) is 0 Å². The maximum absolute atomic E-state index is 14.1. The molecule has 9 nitrogen and oxygen atoms in total. The van der Waals surface area contributed by atoms with Crippen LogP contribution in [0.15, 0.2) is 65.1 Å². The van der Waals surface area contributed by atoms with Crippen LogP contribution < -0.4 is 10.1 Å². The van der Waals surface area contributed by atoms with Crippen LogP contribution in [0.4, 0.5) is 0 Å². The number of oxime groups is 1. The average Bonchev–Trinajstić information content (AvgIpc) is 3.71. The monoisotopic (exact) mass is 599 g/mol. The number of carbonyl (C=O) groups excluding carboxylic acids is 3. The largest absolute Gasteiger partial charge is 0.490 e. The Bertz CT molecular complexity index is 1650. The van der Waals surface area contributed by atoms with Crippen LogP contribution in [0.25, 0.3) is 17.2 Å². The van der Waals surface area contributed by atoms with Gasteiger partial charge in [-0.3, -0.25) is 9.59 Å². The first-order valence-corrected chi connectivity index (χ1v) is 15.1. The number of amides is 2. The summed E-state index contributed by atoms with van der Waals surface area (Å²) in [4.78, 5) is 48.5. The third-order valence-electron chi connectivity index (χ3n) is 7.96. The molecule has 3 heterocycles. The van der Waals surface area contributed by atoms with Gasteiger partial charge in [0, 0.05) is 17.5 Å². The number of rotatable bonds is 1. The molecule has 0 radical (unpaired) electrons. The van der Waals surface area contributed by atoms with Gasteiger partial charge in [-0.25, -0.2) is 4.79 Å². The fourth-order valence-electron chi connectivity index (χ4n) is 5.78. The van der Waals surface area contributed by atoms with Crippen LogP contribution in [0.2, 0.25) is 0 Å². The van der Waals surface area contributed by atoms with Gasteiger partial charge in [0.25, 0.3) is 5.91 Å². The van der Waals surface area contributed by atoms with Crippen LogP contribution in [-0.2, 0) is 19.2 Å². The summed E-state index contributed by atoms with van der Waals surface area (Å²) in [6.45, 7) is 6.04. The summed E-state index contributed by atoms with van der Waals surface area (Å²) in [5, 5.41) is 9.39. The highest BCUT2D eigenvalue weighted by atomic mass is 32.1. The minimum absolute atomic E-state index is 0.114. The fraction of sp³-hybridized carbons (Fsp3) is 0.333. The molecule has 43 heavy (non-hydrogen) atoms. The van der Waals surface area contributed by atoms with Gasteiger partial charge in [-0.2, -0.15) is 0 Å². The van der Waals surface area contributed by atoms with E-state index >= 15 is 0 Å². The molecule has 2 aromatic carbocycles. The van der Waals surface area contributed by atoms with E-state index < -0.39 is 29.6 Å². The third kappa shape index (κ3) is 5.43. The highest BCUT2D eigenvalue weighted by Crippen LogP contribution is 2.39. The van der Waals surface area contributed by atoms with Crippen molar-refractivity contribution in [3.63, 3.8) is 0 Å². The lowest BCUT2D eigenvalue weighted by Crippen LogP contribution is -2.56. The van der Waals surface area contributed by atoms with Gasteiger partial charge in [0.1, 0.15) is 36.3 Å². The lowest BCUT2D eigenvalue weighted by Gasteiger charge is -2.35. The number of hydrogen-bond acceptors (Lipinski definition) is 8. The number of fused-ring (bicyclic) bond motifs is 7. The number of benzene rings is 2. The Labute approximate surface area is 254 Å². The number of methoxy groups -OCH3 is 1. The predicted molar refractivity (Wildman–Crippen MR) is 164 cm³/mol. The zero-order valence-electron chi connectivity index (χ0n) is 24.5. The van der Waals surface area contributed by atoms with E-state index in [2.05, 4.69) is 10.5 Å².